The minimum absolute atomic E-state index is 0.130. The van der Waals surface area contributed by atoms with Gasteiger partial charge in [0, 0.05) is 30.6 Å². The predicted molar refractivity (Wildman–Crippen MR) is 128 cm³/mol. The molecule has 0 aliphatic carbocycles. The van der Waals surface area contributed by atoms with Crippen LogP contribution >= 0.6 is 0 Å². The van der Waals surface area contributed by atoms with E-state index in [1.165, 1.54) is 0 Å². The number of hydrogen-bond acceptors (Lipinski definition) is 4. The molecule has 2 heterocycles. The largest absolute Gasteiger partial charge is 0.497 e. The van der Waals surface area contributed by atoms with Crippen LogP contribution in [0, 0.1) is 0 Å². The Morgan fingerprint density at radius 1 is 0.912 bits per heavy atom. The molecule has 1 atom stereocenters. The second-order valence-electron chi connectivity index (χ2n) is 8.35. The number of hydrogen-bond donors (Lipinski definition) is 1. The summed E-state index contributed by atoms with van der Waals surface area (Å²) in [5, 5.41) is 2.93. The van der Waals surface area contributed by atoms with Crippen LogP contribution in [0.25, 0.3) is 0 Å². The Labute approximate surface area is 197 Å². The molecule has 3 aromatic rings. The van der Waals surface area contributed by atoms with E-state index in [2.05, 4.69) is 5.32 Å². The van der Waals surface area contributed by atoms with E-state index in [1.54, 1.807) is 41.2 Å². The standard InChI is InChI=1S/C27H25N3O4/c1-34-19-12-10-18(11-13-19)14-16-28-24(31)15-17-29-25-20-6-2-3-7-21(20)27(33)30(25)23-9-5-4-8-22(23)26(29)32/h2-13,25H,14-17H2,1H3,(H,28,31)/t25-/m0/s1. The van der Waals surface area contributed by atoms with Crippen molar-refractivity contribution < 1.29 is 19.1 Å². The molecule has 0 aromatic heterocycles. The van der Waals surface area contributed by atoms with Gasteiger partial charge in [-0.2, -0.15) is 0 Å². The lowest BCUT2D eigenvalue weighted by atomic mass is 10.0. The number of fused-ring (bicyclic) bond motifs is 5. The molecule has 172 valence electrons. The van der Waals surface area contributed by atoms with Gasteiger partial charge in [-0.1, -0.05) is 42.5 Å². The summed E-state index contributed by atoms with van der Waals surface area (Å²) in [5.41, 5.74) is 3.56. The smallest absolute Gasteiger partial charge is 0.260 e. The van der Waals surface area contributed by atoms with Crippen molar-refractivity contribution in [2.45, 2.75) is 19.0 Å². The fourth-order valence-electron chi connectivity index (χ4n) is 4.65. The van der Waals surface area contributed by atoms with Crippen LogP contribution in [-0.4, -0.2) is 42.8 Å². The van der Waals surface area contributed by atoms with Crippen molar-refractivity contribution in [3.05, 3.63) is 95.1 Å². The molecule has 1 N–H and O–H groups in total. The minimum Gasteiger partial charge on any atom is -0.497 e. The first kappa shape index (κ1) is 21.7. The second-order valence-corrected chi connectivity index (χ2v) is 8.35. The van der Waals surface area contributed by atoms with Gasteiger partial charge in [0.25, 0.3) is 11.8 Å². The summed E-state index contributed by atoms with van der Waals surface area (Å²) in [6.45, 7) is 0.711. The van der Waals surface area contributed by atoms with Gasteiger partial charge in [0.15, 0.2) is 0 Å². The van der Waals surface area contributed by atoms with Crippen molar-refractivity contribution >= 4 is 23.4 Å². The molecular weight excluding hydrogens is 430 g/mol. The van der Waals surface area contributed by atoms with Gasteiger partial charge in [0.05, 0.1) is 18.4 Å². The average molecular weight is 456 g/mol. The van der Waals surface area contributed by atoms with Crippen molar-refractivity contribution in [3.63, 3.8) is 0 Å². The third kappa shape index (κ3) is 3.79. The van der Waals surface area contributed by atoms with Crippen LogP contribution in [-0.2, 0) is 11.2 Å². The Balaban J connectivity index is 1.28. The highest BCUT2D eigenvalue weighted by Gasteiger charge is 2.47. The molecule has 5 rings (SSSR count). The number of para-hydroxylation sites is 1. The zero-order chi connectivity index (χ0) is 23.7. The Morgan fingerprint density at radius 3 is 2.38 bits per heavy atom. The van der Waals surface area contributed by atoms with E-state index in [0.717, 1.165) is 16.9 Å². The first-order chi connectivity index (χ1) is 16.6. The van der Waals surface area contributed by atoms with Crippen LogP contribution in [0.1, 0.15) is 44.4 Å². The van der Waals surface area contributed by atoms with Crippen LogP contribution in [0.15, 0.2) is 72.8 Å². The highest BCUT2D eigenvalue weighted by Crippen LogP contribution is 2.45. The van der Waals surface area contributed by atoms with E-state index in [-0.39, 0.29) is 30.7 Å². The quantitative estimate of drug-likeness (QED) is 0.591. The Hall–Kier alpha value is -4.13. The molecule has 7 nitrogen and oxygen atoms in total. The summed E-state index contributed by atoms with van der Waals surface area (Å²) in [7, 11) is 1.63. The average Bonchev–Trinajstić information content (AvgIpc) is 3.17. The molecule has 2 aliphatic rings. The number of rotatable bonds is 7. The zero-order valence-corrected chi connectivity index (χ0v) is 18.9. The maximum absolute atomic E-state index is 13.4. The number of carbonyl (C=O) groups excluding carboxylic acids is 3. The molecule has 2 aliphatic heterocycles. The molecule has 3 amide bonds. The number of nitrogens with zero attached hydrogens (tertiary/aromatic N) is 2. The Kier molecular flexibility index (Phi) is 5.76. The van der Waals surface area contributed by atoms with Gasteiger partial charge >= 0.3 is 0 Å². The van der Waals surface area contributed by atoms with Crippen molar-refractivity contribution in [1.82, 2.24) is 10.2 Å². The molecule has 0 unspecified atom stereocenters. The molecule has 0 saturated heterocycles. The summed E-state index contributed by atoms with van der Waals surface area (Å²) in [4.78, 5) is 42.5. The molecule has 0 bridgehead atoms. The van der Waals surface area contributed by atoms with Crippen LogP contribution in [0.5, 0.6) is 5.75 Å². The number of benzene rings is 3. The van der Waals surface area contributed by atoms with Crippen LogP contribution in [0.2, 0.25) is 0 Å². The number of ether oxygens (including phenoxy) is 1. The molecule has 7 heteroatoms. The fraction of sp³-hybridized carbons (Fsp3) is 0.222. The Morgan fingerprint density at radius 2 is 1.62 bits per heavy atom. The van der Waals surface area contributed by atoms with E-state index in [9.17, 15) is 14.4 Å². The number of nitrogens with one attached hydrogen (secondary N) is 1. The van der Waals surface area contributed by atoms with Gasteiger partial charge in [-0.15, -0.1) is 0 Å². The summed E-state index contributed by atoms with van der Waals surface area (Å²) < 4.78 is 5.16. The maximum Gasteiger partial charge on any atom is 0.260 e. The molecule has 0 radical (unpaired) electrons. The SMILES string of the molecule is COc1ccc(CCNC(=O)CCN2C(=O)c3ccccc3N3C(=O)c4ccccc4[C@@H]23)cc1. The first-order valence-corrected chi connectivity index (χ1v) is 11.3. The monoisotopic (exact) mass is 455 g/mol. The van der Waals surface area contributed by atoms with E-state index < -0.39 is 6.17 Å². The third-order valence-electron chi connectivity index (χ3n) is 6.36. The molecule has 34 heavy (non-hydrogen) atoms. The van der Waals surface area contributed by atoms with Gasteiger partial charge < -0.3 is 15.0 Å². The lowest BCUT2D eigenvalue weighted by Crippen LogP contribution is -2.49. The molecule has 0 spiro atoms. The lowest BCUT2D eigenvalue weighted by molar-refractivity contribution is -0.121. The zero-order valence-electron chi connectivity index (χ0n) is 18.9. The van der Waals surface area contributed by atoms with Crippen LogP contribution in [0.3, 0.4) is 0 Å². The third-order valence-corrected chi connectivity index (χ3v) is 6.36. The molecule has 0 fully saturated rings. The van der Waals surface area contributed by atoms with Gasteiger partial charge in [0.2, 0.25) is 5.91 Å². The van der Waals surface area contributed by atoms with E-state index in [0.29, 0.717) is 29.8 Å². The van der Waals surface area contributed by atoms with Crippen LogP contribution < -0.4 is 15.0 Å². The minimum atomic E-state index is -0.543. The highest BCUT2D eigenvalue weighted by atomic mass is 16.5. The summed E-state index contributed by atoms with van der Waals surface area (Å²) in [6.07, 6.45) is 0.305. The van der Waals surface area contributed by atoms with Gasteiger partial charge in [-0.25, -0.2) is 0 Å². The van der Waals surface area contributed by atoms with Crippen molar-refractivity contribution in [1.29, 1.82) is 0 Å². The van der Waals surface area contributed by atoms with E-state index >= 15 is 0 Å². The van der Waals surface area contributed by atoms with Gasteiger partial charge in [-0.3, -0.25) is 19.3 Å². The van der Waals surface area contributed by atoms with Crippen molar-refractivity contribution in [2.75, 3.05) is 25.1 Å². The number of carbonyl (C=O) groups is 3. The number of anilines is 1. The first-order valence-electron chi connectivity index (χ1n) is 11.3. The number of methoxy groups -OCH3 is 1. The summed E-state index contributed by atoms with van der Waals surface area (Å²) in [6, 6.07) is 22.2. The topological polar surface area (TPSA) is 79.0 Å². The second kappa shape index (κ2) is 9.02. The molecule has 3 aromatic carbocycles. The van der Waals surface area contributed by atoms with Gasteiger partial charge in [-0.05, 0) is 42.3 Å². The highest BCUT2D eigenvalue weighted by molar-refractivity contribution is 6.16. The molecular formula is C27H25N3O4. The maximum atomic E-state index is 13.4. The van der Waals surface area contributed by atoms with Crippen molar-refractivity contribution in [3.8, 4) is 5.75 Å². The van der Waals surface area contributed by atoms with Crippen LogP contribution in [0.4, 0.5) is 5.69 Å². The van der Waals surface area contributed by atoms with Crippen molar-refractivity contribution in [2.24, 2.45) is 0 Å². The number of amides is 3. The summed E-state index contributed by atoms with van der Waals surface area (Å²) >= 11 is 0. The molecule has 0 saturated carbocycles. The normalized spacial score (nSPS) is 16.1. The van der Waals surface area contributed by atoms with Gasteiger partial charge in [0.1, 0.15) is 11.9 Å². The Bertz CT molecular complexity index is 1250. The fourth-order valence-corrected chi connectivity index (χ4v) is 4.65. The predicted octanol–water partition coefficient (Wildman–Crippen LogP) is 3.56. The summed E-state index contributed by atoms with van der Waals surface area (Å²) in [5.74, 6) is 0.354. The van der Waals surface area contributed by atoms with E-state index in [4.69, 9.17) is 4.74 Å². The lowest BCUT2D eigenvalue weighted by Gasteiger charge is -2.40. The van der Waals surface area contributed by atoms with E-state index in [1.807, 2.05) is 48.5 Å².